The third-order valence-corrected chi connectivity index (χ3v) is 3.81. The van der Waals surface area contributed by atoms with Gasteiger partial charge in [0.05, 0.1) is 12.8 Å². The lowest BCUT2D eigenvalue weighted by atomic mass is 9.91. The van der Waals surface area contributed by atoms with Crippen LogP contribution in [0.3, 0.4) is 0 Å². The second-order valence-electron chi connectivity index (χ2n) is 4.77. The number of rotatable bonds is 5. The van der Waals surface area contributed by atoms with Gasteiger partial charge in [-0.3, -0.25) is 0 Å². The Morgan fingerprint density at radius 2 is 1.95 bits per heavy atom. The lowest BCUT2D eigenvalue weighted by Gasteiger charge is -2.29. The van der Waals surface area contributed by atoms with Crippen molar-refractivity contribution in [2.24, 2.45) is 0 Å². The predicted molar refractivity (Wildman–Crippen MR) is 85.7 cm³/mol. The molecule has 0 saturated carbocycles. The van der Waals surface area contributed by atoms with Crippen LogP contribution >= 0.6 is 15.9 Å². The molecule has 0 aliphatic rings. The molecular formula is C16H16BrNO3. The Balaban J connectivity index is 2.46. The molecule has 0 amide bonds. The fourth-order valence-electron chi connectivity index (χ4n) is 2.07. The number of hydrogen-bond acceptors (Lipinski definition) is 3. The van der Waals surface area contributed by atoms with Gasteiger partial charge >= 0.3 is 5.97 Å². The molecule has 0 aliphatic heterocycles. The number of methoxy groups -OCH3 is 1. The van der Waals surface area contributed by atoms with Crippen molar-refractivity contribution in [1.29, 1.82) is 0 Å². The second kappa shape index (κ2) is 6.18. The van der Waals surface area contributed by atoms with E-state index in [1.54, 1.807) is 38.3 Å². The lowest BCUT2D eigenvalue weighted by Crippen LogP contribution is -2.40. The monoisotopic (exact) mass is 349 g/mol. The highest BCUT2D eigenvalue weighted by Crippen LogP contribution is 2.32. The number of ether oxygens (including phenoxy) is 1. The van der Waals surface area contributed by atoms with E-state index in [2.05, 4.69) is 21.2 Å². The number of nitrogens with one attached hydrogen (secondary N) is 1. The van der Waals surface area contributed by atoms with Crippen LogP contribution in [0.5, 0.6) is 5.75 Å². The van der Waals surface area contributed by atoms with Crippen LogP contribution in [0.1, 0.15) is 12.5 Å². The smallest absolute Gasteiger partial charge is 0.333 e. The van der Waals surface area contributed by atoms with E-state index in [0.717, 1.165) is 4.47 Å². The van der Waals surface area contributed by atoms with E-state index in [1.165, 1.54) is 0 Å². The fourth-order valence-corrected chi connectivity index (χ4v) is 2.47. The number of carboxylic acids is 1. The average Bonchev–Trinajstić information content (AvgIpc) is 2.47. The molecule has 0 spiro atoms. The van der Waals surface area contributed by atoms with Gasteiger partial charge in [0, 0.05) is 4.47 Å². The Kier molecular flexibility index (Phi) is 4.53. The SMILES string of the molecule is COc1ccccc1NC(C)(C(=O)O)c1cccc(Br)c1. The average molecular weight is 350 g/mol. The number of halogens is 1. The van der Waals surface area contributed by atoms with E-state index >= 15 is 0 Å². The minimum absolute atomic E-state index is 0.597. The first-order valence-electron chi connectivity index (χ1n) is 6.38. The van der Waals surface area contributed by atoms with Gasteiger partial charge < -0.3 is 15.2 Å². The molecule has 0 aliphatic carbocycles. The fraction of sp³-hybridized carbons (Fsp3) is 0.188. The van der Waals surface area contributed by atoms with Crippen LogP contribution in [0.2, 0.25) is 0 Å². The first-order valence-corrected chi connectivity index (χ1v) is 7.17. The molecule has 0 saturated heterocycles. The van der Waals surface area contributed by atoms with Gasteiger partial charge in [-0.15, -0.1) is 0 Å². The van der Waals surface area contributed by atoms with Crippen molar-refractivity contribution >= 4 is 27.6 Å². The molecule has 2 aromatic carbocycles. The van der Waals surface area contributed by atoms with Gasteiger partial charge in [-0.2, -0.15) is 0 Å². The van der Waals surface area contributed by atoms with Crippen molar-refractivity contribution in [1.82, 2.24) is 0 Å². The number of carbonyl (C=O) groups is 1. The van der Waals surface area contributed by atoms with Crippen LogP contribution in [0, 0.1) is 0 Å². The molecule has 2 aromatic rings. The van der Waals surface area contributed by atoms with E-state index in [0.29, 0.717) is 17.0 Å². The molecule has 2 N–H and O–H groups in total. The largest absolute Gasteiger partial charge is 0.495 e. The summed E-state index contributed by atoms with van der Waals surface area (Å²) < 4.78 is 6.09. The van der Waals surface area contributed by atoms with E-state index in [-0.39, 0.29) is 0 Å². The van der Waals surface area contributed by atoms with Gasteiger partial charge in [0.15, 0.2) is 5.54 Å². The molecule has 1 unspecified atom stereocenters. The van der Waals surface area contributed by atoms with Crippen molar-refractivity contribution in [2.45, 2.75) is 12.5 Å². The summed E-state index contributed by atoms with van der Waals surface area (Å²) in [4.78, 5) is 11.8. The molecule has 1 atom stereocenters. The molecule has 0 fully saturated rings. The number of anilines is 1. The predicted octanol–water partition coefficient (Wildman–Crippen LogP) is 3.87. The van der Waals surface area contributed by atoms with Crippen molar-refractivity contribution < 1.29 is 14.6 Å². The standard InChI is InChI=1S/C16H16BrNO3/c1-16(15(19)20,11-6-5-7-12(17)10-11)18-13-8-3-4-9-14(13)21-2/h3-10,18H,1-2H3,(H,19,20). The summed E-state index contributed by atoms with van der Waals surface area (Å²) in [6.45, 7) is 1.63. The van der Waals surface area contributed by atoms with Crippen LogP contribution in [0.25, 0.3) is 0 Å². The van der Waals surface area contributed by atoms with Gasteiger partial charge in [-0.05, 0) is 36.8 Å². The minimum atomic E-state index is -1.27. The second-order valence-corrected chi connectivity index (χ2v) is 5.68. The van der Waals surface area contributed by atoms with Crippen LogP contribution in [0.15, 0.2) is 53.0 Å². The molecule has 0 bridgehead atoms. The summed E-state index contributed by atoms with van der Waals surface area (Å²) in [6, 6.07) is 14.5. The van der Waals surface area contributed by atoms with Crippen molar-refractivity contribution in [3.63, 3.8) is 0 Å². The molecule has 0 aromatic heterocycles. The van der Waals surface area contributed by atoms with Gasteiger partial charge in [-0.25, -0.2) is 4.79 Å². The zero-order valence-corrected chi connectivity index (χ0v) is 13.3. The van der Waals surface area contributed by atoms with Crippen molar-refractivity contribution in [3.8, 4) is 5.75 Å². The summed E-state index contributed by atoms with van der Waals surface area (Å²) in [7, 11) is 1.55. The molecular weight excluding hydrogens is 334 g/mol. The van der Waals surface area contributed by atoms with Crippen LogP contribution < -0.4 is 10.1 Å². The highest BCUT2D eigenvalue weighted by atomic mass is 79.9. The number of para-hydroxylation sites is 2. The van der Waals surface area contributed by atoms with Gasteiger partial charge in [-0.1, -0.05) is 40.2 Å². The van der Waals surface area contributed by atoms with Crippen LogP contribution in [-0.2, 0) is 10.3 Å². The quantitative estimate of drug-likeness (QED) is 0.860. The number of aliphatic carboxylic acids is 1. The van der Waals surface area contributed by atoms with E-state index in [1.807, 2.05) is 24.3 Å². The first-order chi connectivity index (χ1) is 9.97. The summed E-state index contributed by atoms with van der Waals surface area (Å²) in [5, 5.41) is 12.8. The normalized spacial score (nSPS) is 13.3. The summed E-state index contributed by atoms with van der Waals surface area (Å²) in [6.07, 6.45) is 0. The van der Waals surface area contributed by atoms with Crippen LogP contribution in [-0.4, -0.2) is 18.2 Å². The first kappa shape index (κ1) is 15.4. The minimum Gasteiger partial charge on any atom is -0.495 e. The summed E-state index contributed by atoms with van der Waals surface area (Å²) in [5.74, 6) is -0.369. The van der Waals surface area contributed by atoms with Gasteiger partial charge in [0.25, 0.3) is 0 Å². The Bertz CT molecular complexity index is 659. The molecule has 5 heteroatoms. The zero-order chi connectivity index (χ0) is 15.5. The third-order valence-electron chi connectivity index (χ3n) is 3.32. The Morgan fingerprint density at radius 3 is 2.57 bits per heavy atom. The van der Waals surface area contributed by atoms with Gasteiger partial charge in [0.1, 0.15) is 5.75 Å². The molecule has 21 heavy (non-hydrogen) atoms. The molecule has 110 valence electrons. The molecule has 2 rings (SSSR count). The topological polar surface area (TPSA) is 58.6 Å². The molecule has 0 heterocycles. The van der Waals surface area contributed by atoms with E-state index in [4.69, 9.17) is 4.74 Å². The Labute approximate surface area is 131 Å². The van der Waals surface area contributed by atoms with E-state index < -0.39 is 11.5 Å². The molecule has 0 radical (unpaired) electrons. The zero-order valence-electron chi connectivity index (χ0n) is 11.8. The van der Waals surface area contributed by atoms with Crippen molar-refractivity contribution in [2.75, 3.05) is 12.4 Å². The summed E-state index contributed by atoms with van der Waals surface area (Å²) >= 11 is 3.37. The highest BCUT2D eigenvalue weighted by Gasteiger charge is 2.36. The number of benzene rings is 2. The lowest BCUT2D eigenvalue weighted by molar-refractivity contribution is -0.142. The van der Waals surface area contributed by atoms with Gasteiger partial charge in [0.2, 0.25) is 0 Å². The third kappa shape index (κ3) is 3.19. The maximum atomic E-state index is 11.8. The van der Waals surface area contributed by atoms with Crippen molar-refractivity contribution in [3.05, 3.63) is 58.6 Å². The maximum absolute atomic E-state index is 11.8. The number of carboxylic acid groups (broad SMARTS) is 1. The maximum Gasteiger partial charge on any atom is 0.333 e. The molecule has 4 nitrogen and oxygen atoms in total. The Morgan fingerprint density at radius 1 is 1.24 bits per heavy atom. The van der Waals surface area contributed by atoms with Crippen LogP contribution in [0.4, 0.5) is 5.69 Å². The van der Waals surface area contributed by atoms with E-state index in [9.17, 15) is 9.90 Å². The number of hydrogen-bond donors (Lipinski definition) is 2. The highest BCUT2D eigenvalue weighted by molar-refractivity contribution is 9.10. The Hall–Kier alpha value is -2.01. The summed E-state index contributed by atoms with van der Waals surface area (Å²) in [5.41, 5.74) is 0.0125.